The number of rotatable bonds is 6. The van der Waals surface area contributed by atoms with Crippen LogP contribution >= 0.6 is 0 Å². The van der Waals surface area contributed by atoms with Crippen molar-refractivity contribution < 1.29 is 13.2 Å². The molecule has 2 aliphatic rings. The second-order valence-electron chi connectivity index (χ2n) is 17.5. The third kappa shape index (κ3) is 5.64. The van der Waals surface area contributed by atoms with Gasteiger partial charge in [0, 0.05) is 33.4 Å². The van der Waals surface area contributed by atoms with Crippen LogP contribution in [0.4, 0.5) is 25.8 Å². The van der Waals surface area contributed by atoms with Gasteiger partial charge in [0.25, 0.3) is 0 Å². The topological polar surface area (TPSA) is 16.4 Å². The smallest absolute Gasteiger partial charge is 0.136 e. The number of aryl methyl sites for hydroxylation is 1. The first kappa shape index (κ1) is 38.1. The van der Waals surface area contributed by atoms with Crippen LogP contribution in [0.15, 0.2) is 223 Å². The van der Waals surface area contributed by atoms with Gasteiger partial charge in [-0.1, -0.05) is 151 Å². The van der Waals surface area contributed by atoms with Gasteiger partial charge in [-0.3, -0.25) is 0 Å². The average molecular weight is 852 g/mol. The van der Waals surface area contributed by atoms with Gasteiger partial charge in [-0.05, 0) is 152 Å². The Labute approximate surface area is 381 Å². The molecule has 4 heteroatoms. The summed E-state index contributed by atoms with van der Waals surface area (Å²) in [6, 6.07) is 74.0. The highest BCUT2D eigenvalue weighted by atomic mass is 19.1. The van der Waals surface area contributed by atoms with Crippen LogP contribution in [-0.4, -0.2) is 0 Å². The molecule has 10 aromatic carbocycles. The number of hydrogen-bond donors (Lipinski definition) is 0. The molecule has 0 fully saturated rings. The van der Waals surface area contributed by atoms with Crippen LogP contribution in [-0.2, 0) is 5.41 Å². The summed E-state index contributed by atoms with van der Waals surface area (Å²) >= 11 is 0. The van der Waals surface area contributed by atoms with Crippen molar-refractivity contribution in [3.63, 3.8) is 0 Å². The minimum absolute atomic E-state index is 0.306. The van der Waals surface area contributed by atoms with Crippen molar-refractivity contribution in [3.05, 3.63) is 258 Å². The summed E-state index contributed by atoms with van der Waals surface area (Å²) in [5, 5.41) is 2.21. The van der Waals surface area contributed by atoms with E-state index in [2.05, 4.69) is 170 Å². The summed E-state index contributed by atoms with van der Waals surface area (Å²) in [5.41, 5.74) is 18.0. The fourth-order valence-corrected chi connectivity index (χ4v) is 11.0. The lowest BCUT2D eigenvalue weighted by Crippen LogP contribution is -2.28. The largest absolute Gasteiger partial charge is 0.456 e. The van der Waals surface area contributed by atoms with E-state index in [-0.39, 0.29) is 11.6 Å². The molecule has 66 heavy (non-hydrogen) atoms. The molecule has 0 saturated carbocycles. The Morgan fingerprint density at radius 3 is 1.76 bits per heavy atom. The van der Waals surface area contributed by atoms with Crippen molar-refractivity contribution in [3.8, 4) is 55.6 Å². The van der Waals surface area contributed by atoms with Gasteiger partial charge in [0.05, 0.1) is 5.41 Å². The van der Waals surface area contributed by atoms with E-state index in [1.807, 2.05) is 36.4 Å². The van der Waals surface area contributed by atoms with Crippen LogP contribution in [0.5, 0.6) is 0 Å². The zero-order valence-electron chi connectivity index (χ0n) is 35.9. The van der Waals surface area contributed by atoms with Crippen LogP contribution in [0.1, 0.15) is 27.8 Å². The lowest BCUT2D eigenvalue weighted by atomic mass is 9.68. The maximum Gasteiger partial charge on any atom is 0.136 e. The molecule has 11 aromatic rings. The highest BCUT2D eigenvalue weighted by Crippen LogP contribution is 2.65. The van der Waals surface area contributed by atoms with Gasteiger partial charge >= 0.3 is 0 Å². The summed E-state index contributed by atoms with van der Waals surface area (Å²) in [7, 11) is 0. The standard InChI is InChI=1S/C62H39F2NO/c1-38-20-31-49-50-33-26-44(63)37-56(50)62(55(49)34-38)60-48(15-8-16-53(60)54-17-9-18-57(64)61(54)62)43-12-7-13-47(35-43)65(45-27-21-40(22-28-45)39-10-3-2-4-11-39)46-29-23-41(24-30-46)42-25-32-52-51-14-5-6-19-58(51)66-59(52)36-42/h2-37H,1H3. The van der Waals surface area contributed by atoms with Gasteiger partial charge in [-0.25, -0.2) is 8.78 Å². The lowest BCUT2D eigenvalue weighted by Gasteiger charge is -2.33. The van der Waals surface area contributed by atoms with Gasteiger partial charge in [0.1, 0.15) is 22.8 Å². The van der Waals surface area contributed by atoms with Crippen molar-refractivity contribution in [1.29, 1.82) is 0 Å². The van der Waals surface area contributed by atoms with E-state index in [0.29, 0.717) is 5.56 Å². The third-order valence-electron chi connectivity index (χ3n) is 13.9. The van der Waals surface area contributed by atoms with Crippen molar-refractivity contribution in [2.75, 3.05) is 4.90 Å². The van der Waals surface area contributed by atoms with Crippen molar-refractivity contribution in [1.82, 2.24) is 0 Å². The molecule has 13 rings (SSSR count). The van der Waals surface area contributed by atoms with Crippen LogP contribution < -0.4 is 4.90 Å². The predicted molar refractivity (Wildman–Crippen MR) is 266 cm³/mol. The van der Waals surface area contributed by atoms with Gasteiger partial charge < -0.3 is 9.32 Å². The molecule has 1 unspecified atom stereocenters. The van der Waals surface area contributed by atoms with Crippen molar-refractivity contribution in [2.45, 2.75) is 12.3 Å². The number of para-hydroxylation sites is 1. The predicted octanol–water partition coefficient (Wildman–Crippen LogP) is 17.0. The molecule has 0 N–H and O–H groups in total. The number of furan rings is 1. The second kappa shape index (κ2) is 14.6. The Kier molecular flexibility index (Phi) is 8.44. The number of fused-ring (bicyclic) bond motifs is 13. The van der Waals surface area contributed by atoms with E-state index in [4.69, 9.17) is 4.42 Å². The summed E-state index contributed by atoms with van der Waals surface area (Å²) in [6.07, 6.45) is 0. The molecule has 0 aliphatic heterocycles. The van der Waals surface area contributed by atoms with E-state index < -0.39 is 5.41 Å². The highest BCUT2D eigenvalue weighted by Gasteiger charge is 2.54. The second-order valence-corrected chi connectivity index (χ2v) is 17.5. The SMILES string of the molecule is Cc1ccc2c(c1)C1(c3cc(F)ccc3-2)c2c(F)cccc2-c2cccc(-c3cccc(N(c4ccc(-c5ccccc5)cc4)c4ccc(-c5ccc6c(c5)oc5ccccc56)cc4)c3)c21. The minimum Gasteiger partial charge on any atom is -0.456 e. The van der Waals surface area contributed by atoms with Gasteiger partial charge in [0.15, 0.2) is 0 Å². The average Bonchev–Trinajstić information content (AvgIpc) is 3.98. The molecular weight excluding hydrogens is 813 g/mol. The van der Waals surface area contributed by atoms with E-state index in [9.17, 15) is 0 Å². The normalized spacial score (nSPS) is 14.3. The number of hydrogen-bond acceptors (Lipinski definition) is 2. The molecule has 1 heterocycles. The molecule has 1 spiro atoms. The van der Waals surface area contributed by atoms with Crippen LogP contribution in [0.25, 0.3) is 77.6 Å². The molecule has 0 radical (unpaired) electrons. The Bertz CT molecular complexity index is 3690. The lowest BCUT2D eigenvalue weighted by molar-refractivity contribution is 0.587. The molecule has 312 valence electrons. The molecular formula is C62H39F2NO. The summed E-state index contributed by atoms with van der Waals surface area (Å²) in [4.78, 5) is 2.29. The van der Waals surface area contributed by atoms with E-state index >= 15 is 8.78 Å². The monoisotopic (exact) mass is 851 g/mol. The number of nitrogens with zero attached hydrogens (tertiary/aromatic N) is 1. The van der Waals surface area contributed by atoms with Gasteiger partial charge in [-0.2, -0.15) is 0 Å². The first-order valence-corrected chi connectivity index (χ1v) is 22.4. The highest BCUT2D eigenvalue weighted by molar-refractivity contribution is 6.06. The van der Waals surface area contributed by atoms with E-state index in [0.717, 1.165) is 117 Å². The fraction of sp³-hybridized carbons (Fsp3) is 0.0323. The minimum atomic E-state index is -1.09. The molecule has 2 aliphatic carbocycles. The number of anilines is 3. The van der Waals surface area contributed by atoms with Crippen LogP contribution in [0, 0.1) is 18.6 Å². The molecule has 0 bridgehead atoms. The molecule has 1 atom stereocenters. The summed E-state index contributed by atoms with van der Waals surface area (Å²) < 4.78 is 38.9. The van der Waals surface area contributed by atoms with Gasteiger partial charge in [0.2, 0.25) is 0 Å². The number of benzene rings is 10. The quantitative estimate of drug-likeness (QED) is 0.166. The third-order valence-corrected chi connectivity index (χ3v) is 13.9. The molecule has 2 nitrogen and oxygen atoms in total. The van der Waals surface area contributed by atoms with Crippen LogP contribution in [0.3, 0.4) is 0 Å². The first-order chi connectivity index (χ1) is 32.4. The Morgan fingerprint density at radius 2 is 0.970 bits per heavy atom. The maximum absolute atomic E-state index is 16.9. The molecule has 0 saturated heterocycles. The molecule has 1 aromatic heterocycles. The maximum atomic E-state index is 16.9. The summed E-state index contributed by atoms with van der Waals surface area (Å²) in [5.74, 6) is -0.655. The summed E-state index contributed by atoms with van der Waals surface area (Å²) in [6.45, 7) is 2.07. The zero-order valence-corrected chi connectivity index (χ0v) is 35.9. The Balaban J connectivity index is 0.981. The Hall–Kier alpha value is -8.34. The van der Waals surface area contributed by atoms with Crippen molar-refractivity contribution >= 4 is 39.0 Å². The Morgan fingerprint density at radius 1 is 0.379 bits per heavy atom. The molecule has 0 amide bonds. The van der Waals surface area contributed by atoms with Gasteiger partial charge in [-0.15, -0.1) is 0 Å². The number of halogens is 2. The van der Waals surface area contributed by atoms with Crippen molar-refractivity contribution in [2.24, 2.45) is 0 Å². The van der Waals surface area contributed by atoms with Crippen LogP contribution in [0.2, 0.25) is 0 Å². The van der Waals surface area contributed by atoms with E-state index in [1.54, 1.807) is 18.2 Å². The first-order valence-electron chi connectivity index (χ1n) is 22.4. The van der Waals surface area contributed by atoms with E-state index in [1.165, 1.54) is 6.07 Å². The fourth-order valence-electron chi connectivity index (χ4n) is 11.0. The zero-order chi connectivity index (χ0) is 44.1.